The molecular formula is C32H31F3N10. The maximum absolute atomic E-state index is 14.7. The second kappa shape index (κ2) is 11.6. The number of imidazole rings is 1. The summed E-state index contributed by atoms with van der Waals surface area (Å²) in [5.41, 5.74) is 6.82. The quantitative estimate of drug-likeness (QED) is 0.194. The Morgan fingerprint density at radius 1 is 1.04 bits per heavy atom. The molecule has 6 aromatic rings. The maximum Gasteiger partial charge on any atom is 0.261 e. The molecule has 230 valence electrons. The summed E-state index contributed by atoms with van der Waals surface area (Å²) in [6.45, 7) is 1.98. The van der Waals surface area contributed by atoms with E-state index in [4.69, 9.17) is 4.98 Å². The second-order valence-corrected chi connectivity index (χ2v) is 11.7. The van der Waals surface area contributed by atoms with Crippen LogP contribution >= 0.6 is 0 Å². The third-order valence-corrected chi connectivity index (χ3v) is 7.91. The van der Waals surface area contributed by atoms with Crippen LogP contribution in [0.4, 0.5) is 18.9 Å². The van der Waals surface area contributed by atoms with Gasteiger partial charge in [-0.05, 0) is 61.6 Å². The average molecular weight is 613 g/mol. The van der Waals surface area contributed by atoms with Crippen LogP contribution in [0.15, 0.2) is 61.2 Å². The molecule has 1 fully saturated rings. The highest BCUT2D eigenvalue weighted by Gasteiger charge is 2.37. The summed E-state index contributed by atoms with van der Waals surface area (Å²) in [5.74, 6) is -2.50. The molecule has 1 aliphatic heterocycles. The van der Waals surface area contributed by atoms with Gasteiger partial charge in [0.15, 0.2) is 11.5 Å². The summed E-state index contributed by atoms with van der Waals surface area (Å²) in [5, 5.41) is 11.6. The molecule has 0 spiro atoms. The topological polar surface area (TPSA) is 115 Å². The molecule has 6 heterocycles. The fourth-order valence-electron chi connectivity index (χ4n) is 5.70. The number of fused-ring (bicyclic) bond motifs is 2. The number of pyridine rings is 3. The fraction of sp³-hybridized carbons (Fsp3) is 0.281. The van der Waals surface area contributed by atoms with E-state index in [1.165, 1.54) is 12.1 Å². The Morgan fingerprint density at radius 2 is 1.93 bits per heavy atom. The van der Waals surface area contributed by atoms with Crippen molar-refractivity contribution in [1.29, 1.82) is 0 Å². The van der Waals surface area contributed by atoms with Crippen molar-refractivity contribution in [2.45, 2.75) is 18.9 Å². The highest BCUT2D eigenvalue weighted by molar-refractivity contribution is 5.97. The molecule has 1 aromatic carbocycles. The number of anilines is 1. The van der Waals surface area contributed by atoms with Crippen molar-refractivity contribution >= 4 is 27.8 Å². The summed E-state index contributed by atoms with van der Waals surface area (Å²) >= 11 is 0. The van der Waals surface area contributed by atoms with E-state index in [9.17, 15) is 13.2 Å². The van der Waals surface area contributed by atoms with Crippen molar-refractivity contribution in [3.8, 4) is 33.9 Å². The van der Waals surface area contributed by atoms with Gasteiger partial charge in [-0.3, -0.25) is 20.0 Å². The third-order valence-electron chi connectivity index (χ3n) is 7.91. The van der Waals surface area contributed by atoms with Crippen LogP contribution in [0.1, 0.15) is 12.0 Å². The zero-order valence-corrected chi connectivity index (χ0v) is 24.8. The lowest BCUT2D eigenvalue weighted by atomic mass is 10.0. The van der Waals surface area contributed by atoms with E-state index in [1.807, 2.05) is 38.4 Å². The molecule has 7 rings (SSSR count). The molecule has 13 heteroatoms. The van der Waals surface area contributed by atoms with Gasteiger partial charge in [0.05, 0.1) is 29.5 Å². The van der Waals surface area contributed by atoms with Crippen molar-refractivity contribution in [3.05, 3.63) is 72.6 Å². The number of rotatable bonds is 9. The summed E-state index contributed by atoms with van der Waals surface area (Å²) in [7, 11) is 3.97. The number of hydrogen-bond donors (Lipinski definition) is 3. The van der Waals surface area contributed by atoms with Gasteiger partial charge in [-0.25, -0.2) is 23.1 Å². The van der Waals surface area contributed by atoms with Crippen LogP contribution in [0, 0.1) is 5.82 Å². The highest BCUT2D eigenvalue weighted by Crippen LogP contribution is 2.33. The van der Waals surface area contributed by atoms with Crippen molar-refractivity contribution < 1.29 is 13.2 Å². The van der Waals surface area contributed by atoms with Crippen LogP contribution < -0.4 is 5.32 Å². The lowest BCUT2D eigenvalue weighted by Crippen LogP contribution is -2.24. The number of aromatic amines is 2. The highest BCUT2D eigenvalue weighted by atomic mass is 19.3. The Labute approximate surface area is 256 Å². The second-order valence-electron chi connectivity index (χ2n) is 11.7. The van der Waals surface area contributed by atoms with Crippen LogP contribution in [0.25, 0.3) is 56.0 Å². The maximum atomic E-state index is 14.7. The molecule has 0 amide bonds. The molecule has 0 unspecified atom stereocenters. The normalized spacial score (nSPS) is 15.1. The molecule has 3 N–H and O–H groups in total. The first kappa shape index (κ1) is 28.9. The zero-order chi connectivity index (χ0) is 31.1. The smallest absolute Gasteiger partial charge is 0.261 e. The number of hydrogen-bond acceptors (Lipinski definition) is 8. The molecule has 0 radical (unpaired) electrons. The summed E-state index contributed by atoms with van der Waals surface area (Å²) in [6.07, 6.45) is 6.62. The van der Waals surface area contributed by atoms with Crippen molar-refractivity contribution in [3.63, 3.8) is 0 Å². The van der Waals surface area contributed by atoms with Crippen molar-refractivity contribution in [1.82, 2.24) is 44.9 Å². The number of H-pyrrole nitrogens is 2. The number of aromatic nitrogens is 7. The molecule has 10 nitrogen and oxygen atoms in total. The monoisotopic (exact) mass is 612 g/mol. The molecule has 5 aromatic heterocycles. The largest absolute Gasteiger partial charge is 0.384 e. The molecule has 1 aliphatic rings. The van der Waals surface area contributed by atoms with Crippen LogP contribution in [0.5, 0.6) is 0 Å². The molecule has 0 atom stereocenters. The summed E-state index contributed by atoms with van der Waals surface area (Å²) < 4.78 is 42.1. The molecular weight excluding hydrogens is 581 g/mol. The number of alkyl halides is 2. The van der Waals surface area contributed by atoms with Gasteiger partial charge in [0, 0.05) is 73.4 Å². The Balaban J connectivity index is 1.20. The van der Waals surface area contributed by atoms with Crippen LogP contribution in [0.3, 0.4) is 0 Å². The molecule has 0 saturated carbocycles. The Morgan fingerprint density at radius 3 is 2.76 bits per heavy atom. The van der Waals surface area contributed by atoms with Crippen molar-refractivity contribution in [2.75, 3.05) is 45.6 Å². The molecule has 0 aliphatic carbocycles. The van der Waals surface area contributed by atoms with Gasteiger partial charge < -0.3 is 15.2 Å². The van der Waals surface area contributed by atoms with Gasteiger partial charge in [-0.15, -0.1) is 0 Å². The minimum Gasteiger partial charge on any atom is -0.384 e. The predicted octanol–water partition coefficient (Wildman–Crippen LogP) is 5.58. The molecule has 1 saturated heterocycles. The first-order valence-corrected chi connectivity index (χ1v) is 14.6. The number of benzene rings is 1. The van der Waals surface area contributed by atoms with E-state index in [2.05, 4.69) is 40.3 Å². The lowest BCUT2D eigenvalue weighted by Gasteiger charge is -2.15. The molecule has 45 heavy (non-hydrogen) atoms. The van der Waals surface area contributed by atoms with E-state index in [0.29, 0.717) is 64.8 Å². The standard InChI is InChI=1S/C32H31F3N10/c1-44(2)8-6-37-23-11-20(10-22(33)12-23)24-3-5-38-30-28(24)40-31(41-30)29-25-13-26(39-16-27(25)42-43-29)21-9-19(14-36-15-21)17-45-7-4-32(34,35)18-45/h3,5,9-16,37H,4,6-8,17-18H2,1-2H3,(H,42,43)(H,38,40,41). The van der Waals surface area contributed by atoms with Gasteiger partial charge in [0.25, 0.3) is 5.92 Å². The number of likely N-dealkylation sites (tertiary alicyclic amines) is 1. The Hall–Kier alpha value is -4.88. The fourth-order valence-corrected chi connectivity index (χ4v) is 5.70. The van der Waals surface area contributed by atoms with Crippen LogP contribution in [0.2, 0.25) is 0 Å². The van der Waals surface area contributed by atoms with Gasteiger partial charge in [0.2, 0.25) is 0 Å². The SMILES string of the molecule is CN(C)CCNc1cc(F)cc(-c2ccnc3nc(-c4n[nH]c5cnc(-c6cncc(CN7CCC(F)(F)C7)c6)cc45)[nH]c23)c1. The van der Waals surface area contributed by atoms with Crippen LogP contribution in [-0.2, 0) is 6.54 Å². The van der Waals surface area contributed by atoms with E-state index >= 15 is 0 Å². The first-order chi connectivity index (χ1) is 21.7. The number of likely N-dealkylation sites (N-methyl/N-ethyl adjacent to an activating group) is 1. The van der Waals surface area contributed by atoms with Gasteiger partial charge in [0.1, 0.15) is 11.5 Å². The predicted molar refractivity (Wildman–Crippen MR) is 167 cm³/mol. The van der Waals surface area contributed by atoms with Crippen molar-refractivity contribution in [2.24, 2.45) is 0 Å². The first-order valence-electron chi connectivity index (χ1n) is 14.6. The number of nitrogens with zero attached hydrogens (tertiary/aromatic N) is 7. The Kier molecular flexibility index (Phi) is 7.42. The van der Waals surface area contributed by atoms with E-state index in [-0.39, 0.29) is 18.8 Å². The average Bonchev–Trinajstić information content (AvgIpc) is 3.72. The minimum atomic E-state index is -2.65. The van der Waals surface area contributed by atoms with E-state index in [1.54, 1.807) is 29.7 Å². The zero-order valence-electron chi connectivity index (χ0n) is 24.8. The van der Waals surface area contributed by atoms with E-state index < -0.39 is 5.92 Å². The summed E-state index contributed by atoms with van der Waals surface area (Å²) in [6, 6.07) is 10.5. The molecule has 0 bridgehead atoms. The van der Waals surface area contributed by atoms with Gasteiger partial charge in [-0.1, -0.05) is 0 Å². The Bertz CT molecular complexity index is 2000. The number of nitrogens with one attached hydrogen (secondary N) is 3. The van der Waals surface area contributed by atoms with E-state index in [0.717, 1.165) is 28.6 Å². The van der Waals surface area contributed by atoms with Gasteiger partial charge >= 0.3 is 0 Å². The van der Waals surface area contributed by atoms with Crippen LogP contribution in [-0.4, -0.2) is 91.1 Å². The minimum absolute atomic E-state index is 0.127. The van der Waals surface area contributed by atoms with Gasteiger partial charge in [-0.2, -0.15) is 5.10 Å². The third kappa shape index (κ3) is 6.08. The summed E-state index contributed by atoms with van der Waals surface area (Å²) in [4.78, 5) is 25.3. The lowest BCUT2D eigenvalue weighted by molar-refractivity contribution is 0.0115. The number of halogens is 3.